The number of hydrogen-bond donors (Lipinski definition) is 0. The van der Waals surface area contributed by atoms with Gasteiger partial charge in [0.05, 0.1) is 4.92 Å². The standard InChI is InChI=1S/C15H13Cl2NO2/c1-10(16)15(11-2-6-13(17)7-3-11)12-4-8-14(9-5-12)18(19)20/h2-10,15H,1H3. The minimum absolute atomic E-state index is 0.0327. The van der Waals surface area contributed by atoms with Crippen LogP contribution in [0.3, 0.4) is 0 Å². The molecule has 0 bridgehead atoms. The first-order chi connectivity index (χ1) is 9.49. The number of nitro groups is 1. The summed E-state index contributed by atoms with van der Waals surface area (Å²) in [6, 6.07) is 14.0. The topological polar surface area (TPSA) is 43.1 Å². The van der Waals surface area contributed by atoms with Crippen molar-refractivity contribution in [1.82, 2.24) is 0 Å². The lowest BCUT2D eigenvalue weighted by atomic mass is 9.89. The molecule has 0 saturated carbocycles. The highest BCUT2D eigenvalue weighted by molar-refractivity contribution is 6.30. The molecular formula is C15H13Cl2NO2. The second-order valence-corrected chi connectivity index (χ2v) is 5.68. The van der Waals surface area contributed by atoms with Crippen molar-refractivity contribution in [2.45, 2.75) is 18.2 Å². The zero-order valence-corrected chi connectivity index (χ0v) is 12.3. The van der Waals surface area contributed by atoms with Gasteiger partial charge in [-0.15, -0.1) is 11.6 Å². The first-order valence-corrected chi connectivity index (χ1v) is 6.94. The van der Waals surface area contributed by atoms with Crippen molar-refractivity contribution in [2.24, 2.45) is 0 Å². The molecule has 104 valence electrons. The fourth-order valence-corrected chi connectivity index (χ4v) is 2.61. The van der Waals surface area contributed by atoms with Crippen molar-refractivity contribution in [3.8, 4) is 0 Å². The van der Waals surface area contributed by atoms with E-state index in [1.165, 1.54) is 12.1 Å². The maximum Gasteiger partial charge on any atom is 0.269 e. The number of halogens is 2. The Morgan fingerprint density at radius 1 is 1.00 bits per heavy atom. The maximum atomic E-state index is 10.7. The number of alkyl halides is 1. The Hall–Kier alpha value is -1.58. The van der Waals surface area contributed by atoms with Crippen molar-refractivity contribution in [3.63, 3.8) is 0 Å². The minimum Gasteiger partial charge on any atom is -0.258 e. The van der Waals surface area contributed by atoms with Crippen LogP contribution in [0, 0.1) is 10.1 Å². The van der Waals surface area contributed by atoms with Gasteiger partial charge in [0.2, 0.25) is 0 Å². The number of nitrogens with zero attached hydrogens (tertiary/aromatic N) is 1. The summed E-state index contributed by atoms with van der Waals surface area (Å²) in [6.07, 6.45) is 0. The number of rotatable bonds is 4. The highest BCUT2D eigenvalue weighted by Crippen LogP contribution is 2.32. The molecule has 0 N–H and O–H groups in total. The summed E-state index contributed by atoms with van der Waals surface area (Å²) in [7, 11) is 0. The summed E-state index contributed by atoms with van der Waals surface area (Å²) in [5.74, 6) is -0.0327. The van der Waals surface area contributed by atoms with Crippen molar-refractivity contribution in [1.29, 1.82) is 0 Å². The molecule has 2 atom stereocenters. The molecule has 0 aliphatic carbocycles. The van der Waals surface area contributed by atoms with Crippen LogP contribution in [0.1, 0.15) is 24.0 Å². The van der Waals surface area contributed by atoms with Crippen molar-refractivity contribution in [3.05, 3.63) is 74.8 Å². The Balaban J connectivity index is 2.38. The second-order valence-electron chi connectivity index (χ2n) is 4.56. The number of benzene rings is 2. The molecule has 0 aliphatic rings. The summed E-state index contributed by atoms with van der Waals surface area (Å²) in [5, 5.41) is 11.2. The molecule has 0 heterocycles. The van der Waals surface area contributed by atoms with Gasteiger partial charge in [0, 0.05) is 28.5 Å². The van der Waals surface area contributed by atoms with E-state index < -0.39 is 4.92 Å². The summed E-state index contributed by atoms with van der Waals surface area (Å²) in [4.78, 5) is 10.3. The lowest BCUT2D eigenvalue weighted by molar-refractivity contribution is -0.384. The third-order valence-electron chi connectivity index (χ3n) is 3.15. The fraction of sp³-hybridized carbons (Fsp3) is 0.200. The van der Waals surface area contributed by atoms with Gasteiger partial charge in [-0.2, -0.15) is 0 Å². The molecule has 0 aromatic heterocycles. The van der Waals surface area contributed by atoms with Gasteiger partial charge in [-0.25, -0.2) is 0 Å². The molecule has 5 heteroatoms. The molecule has 2 rings (SSSR count). The molecule has 0 amide bonds. The van der Waals surface area contributed by atoms with E-state index in [4.69, 9.17) is 23.2 Å². The van der Waals surface area contributed by atoms with E-state index in [9.17, 15) is 10.1 Å². The average molecular weight is 310 g/mol. The van der Waals surface area contributed by atoms with Crippen molar-refractivity contribution in [2.75, 3.05) is 0 Å². The maximum absolute atomic E-state index is 10.7. The van der Waals surface area contributed by atoms with Crippen LogP contribution in [-0.2, 0) is 0 Å². The minimum atomic E-state index is -0.412. The van der Waals surface area contributed by atoms with Gasteiger partial charge in [-0.05, 0) is 30.2 Å². The van der Waals surface area contributed by atoms with Crippen LogP contribution in [0.25, 0.3) is 0 Å². The largest absolute Gasteiger partial charge is 0.269 e. The van der Waals surface area contributed by atoms with Crippen molar-refractivity contribution < 1.29 is 4.92 Å². The Kier molecular flexibility index (Phi) is 4.63. The highest BCUT2D eigenvalue weighted by Gasteiger charge is 2.20. The summed E-state index contributed by atoms with van der Waals surface area (Å²) >= 11 is 12.2. The molecule has 0 aliphatic heterocycles. The smallest absolute Gasteiger partial charge is 0.258 e. The molecule has 2 aromatic carbocycles. The quantitative estimate of drug-likeness (QED) is 0.453. The summed E-state index contributed by atoms with van der Waals surface area (Å²) < 4.78 is 0. The molecule has 2 aromatic rings. The average Bonchev–Trinajstić information content (AvgIpc) is 2.41. The first-order valence-electron chi connectivity index (χ1n) is 6.13. The number of nitro benzene ring substituents is 1. The van der Waals surface area contributed by atoms with Gasteiger partial charge >= 0.3 is 0 Å². The first kappa shape index (κ1) is 14.8. The highest BCUT2D eigenvalue weighted by atomic mass is 35.5. The van der Waals surface area contributed by atoms with Gasteiger partial charge in [-0.1, -0.05) is 35.9 Å². The van der Waals surface area contributed by atoms with Gasteiger partial charge in [0.15, 0.2) is 0 Å². The van der Waals surface area contributed by atoms with Crippen molar-refractivity contribution >= 4 is 28.9 Å². The molecule has 3 nitrogen and oxygen atoms in total. The van der Waals surface area contributed by atoms with Crippen LogP contribution >= 0.6 is 23.2 Å². The van der Waals surface area contributed by atoms with E-state index in [1.54, 1.807) is 12.1 Å². The Morgan fingerprint density at radius 3 is 1.85 bits per heavy atom. The Morgan fingerprint density at radius 2 is 1.45 bits per heavy atom. The normalized spacial score (nSPS) is 13.8. The molecule has 0 saturated heterocycles. The molecular weight excluding hydrogens is 297 g/mol. The van der Waals surface area contributed by atoms with Crippen LogP contribution in [0.5, 0.6) is 0 Å². The van der Waals surface area contributed by atoms with E-state index in [0.717, 1.165) is 11.1 Å². The monoisotopic (exact) mass is 309 g/mol. The zero-order valence-electron chi connectivity index (χ0n) is 10.8. The lowest BCUT2D eigenvalue weighted by Crippen LogP contribution is -2.11. The van der Waals surface area contributed by atoms with Crippen LogP contribution < -0.4 is 0 Å². The van der Waals surface area contributed by atoms with Gasteiger partial charge in [0.25, 0.3) is 5.69 Å². The van der Waals surface area contributed by atoms with Crippen LogP contribution in [0.4, 0.5) is 5.69 Å². The molecule has 0 radical (unpaired) electrons. The third kappa shape index (κ3) is 3.30. The second kappa shape index (κ2) is 6.25. The Bertz CT molecular complexity index is 594. The summed E-state index contributed by atoms with van der Waals surface area (Å²) in [5.41, 5.74) is 2.05. The van der Waals surface area contributed by atoms with E-state index >= 15 is 0 Å². The SMILES string of the molecule is CC(Cl)C(c1ccc(Cl)cc1)c1ccc([N+](=O)[O-])cc1. The Labute approximate surface area is 127 Å². The van der Waals surface area contributed by atoms with Crippen LogP contribution in [0.2, 0.25) is 5.02 Å². The molecule has 2 unspecified atom stereocenters. The third-order valence-corrected chi connectivity index (χ3v) is 3.66. The summed E-state index contributed by atoms with van der Waals surface area (Å²) in [6.45, 7) is 1.91. The predicted molar refractivity (Wildman–Crippen MR) is 81.7 cm³/mol. The molecule has 0 fully saturated rings. The van der Waals surface area contributed by atoms with E-state index in [0.29, 0.717) is 5.02 Å². The predicted octanol–water partition coefficient (Wildman–Crippen LogP) is 5.01. The van der Waals surface area contributed by atoms with E-state index in [1.807, 2.05) is 31.2 Å². The zero-order chi connectivity index (χ0) is 14.7. The van der Waals surface area contributed by atoms with E-state index in [2.05, 4.69) is 0 Å². The number of hydrogen-bond acceptors (Lipinski definition) is 2. The van der Waals surface area contributed by atoms with Crippen LogP contribution in [-0.4, -0.2) is 10.3 Å². The van der Waals surface area contributed by atoms with Gasteiger partial charge in [-0.3, -0.25) is 10.1 Å². The lowest BCUT2D eigenvalue weighted by Gasteiger charge is -2.20. The molecule has 20 heavy (non-hydrogen) atoms. The molecule has 0 spiro atoms. The van der Waals surface area contributed by atoms with Crippen LogP contribution in [0.15, 0.2) is 48.5 Å². The number of non-ortho nitro benzene ring substituents is 1. The van der Waals surface area contributed by atoms with E-state index in [-0.39, 0.29) is 17.0 Å². The van der Waals surface area contributed by atoms with Gasteiger partial charge < -0.3 is 0 Å². The fourth-order valence-electron chi connectivity index (χ4n) is 2.20. The van der Waals surface area contributed by atoms with Gasteiger partial charge in [0.1, 0.15) is 0 Å².